The average Bonchev–Trinajstić information content (AvgIpc) is 3.01. The number of hydrogen-bond donors (Lipinski definition) is 1. The van der Waals surface area contributed by atoms with E-state index in [1.165, 1.54) is 12.1 Å². The van der Waals surface area contributed by atoms with Gasteiger partial charge in [0.25, 0.3) is 0 Å². The molecule has 5 nitrogen and oxygen atoms in total. The molecule has 23 heavy (non-hydrogen) atoms. The Morgan fingerprint density at radius 3 is 2.96 bits per heavy atom. The molecule has 1 aromatic heterocycles. The van der Waals surface area contributed by atoms with Crippen molar-refractivity contribution >= 4 is 11.6 Å². The van der Waals surface area contributed by atoms with Gasteiger partial charge in [-0.15, -0.1) is 5.10 Å². The lowest BCUT2D eigenvalue weighted by molar-refractivity contribution is 0.0762. The van der Waals surface area contributed by atoms with E-state index in [0.717, 1.165) is 25.1 Å². The van der Waals surface area contributed by atoms with Crippen molar-refractivity contribution in [1.82, 2.24) is 19.9 Å². The maximum atomic E-state index is 13.2. The zero-order chi connectivity index (χ0) is 16.4. The number of benzene rings is 1. The van der Waals surface area contributed by atoms with Crippen LogP contribution < -0.4 is 0 Å². The standard InChI is InChI=1S/C16H20ClFN4O/c1-11-2-3-12(10-23)7-21(11)8-13-9-22(20-19-13)14-4-5-16(18)15(17)6-14/h4-6,9,11-12,23H,2-3,7-8,10H2,1H3/t11-,12+/m1/s1. The molecule has 1 fully saturated rings. The molecule has 0 saturated carbocycles. The highest BCUT2D eigenvalue weighted by atomic mass is 35.5. The highest BCUT2D eigenvalue weighted by Gasteiger charge is 2.25. The Bertz CT molecular complexity index is 678. The summed E-state index contributed by atoms with van der Waals surface area (Å²) in [6.07, 6.45) is 3.97. The van der Waals surface area contributed by atoms with E-state index in [4.69, 9.17) is 11.6 Å². The minimum Gasteiger partial charge on any atom is -0.396 e. The molecule has 2 heterocycles. The first kappa shape index (κ1) is 16.4. The summed E-state index contributed by atoms with van der Waals surface area (Å²) in [6.45, 7) is 3.97. The van der Waals surface area contributed by atoms with Gasteiger partial charge >= 0.3 is 0 Å². The summed E-state index contributed by atoms with van der Waals surface area (Å²) < 4.78 is 14.8. The molecule has 0 amide bonds. The van der Waals surface area contributed by atoms with Gasteiger partial charge in [0, 0.05) is 25.7 Å². The van der Waals surface area contributed by atoms with Crippen molar-refractivity contribution in [2.24, 2.45) is 5.92 Å². The van der Waals surface area contributed by atoms with Crippen LogP contribution in [-0.2, 0) is 6.54 Å². The van der Waals surface area contributed by atoms with E-state index in [1.54, 1.807) is 10.7 Å². The van der Waals surface area contributed by atoms with Gasteiger partial charge in [-0.2, -0.15) is 0 Å². The Morgan fingerprint density at radius 1 is 1.39 bits per heavy atom. The summed E-state index contributed by atoms with van der Waals surface area (Å²) in [5.41, 5.74) is 1.52. The van der Waals surface area contributed by atoms with Gasteiger partial charge in [0.05, 0.1) is 22.6 Å². The van der Waals surface area contributed by atoms with Gasteiger partial charge < -0.3 is 5.11 Å². The second-order valence-corrected chi connectivity index (χ2v) is 6.56. The summed E-state index contributed by atoms with van der Waals surface area (Å²) in [4.78, 5) is 2.32. The van der Waals surface area contributed by atoms with E-state index in [2.05, 4.69) is 22.1 Å². The quantitative estimate of drug-likeness (QED) is 0.931. The molecule has 2 atom stereocenters. The molecule has 1 aliphatic heterocycles. The van der Waals surface area contributed by atoms with Gasteiger partial charge in [0.1, 0.15) is 5.82 Å². The van der Waals surface area contributed by atoms with Gasteiger partial charge in [0.2, 0.25) is 0 Å². The second kappa shape index (κ2) is 6.95. The second-order valence-electron chi connectivity index (χ2n) is 6.16. The van der Waals surface area contributed by atoms with Crippen LogP contribution >= 0.6 is 11.6 Å². The summed E-state index contributed by atoms with van der Waals surface area (Å²) in [5, 5.41) is 17.7. The average molecular weight is 339 g/mol. The number of aliphatic hydroxyl groups is 1. The Kier molecular flexibility index (Phi) is 4.94. The van der Waals surface area contributed by atoms with Crippen LogP contribution in [0.4, 0.5) is 4.39 Å². The van der Waals surface area contributed by atoms with E-state index in [-0.39, 0.29) is 11.6 Å². The summed E-state index contributed by atoms with van der Waals surface area (Å²) in [5.74, 6) is -0.120. The van der Waals surface area contributed by atoms with E-state index < -0.39 is 5.82 Å². The first-order valence-electron chi connectivity index (χ1n) is 7.78. The maximum Gasteiger partial charge on any atom is 0.141 e. The van der Waals surface area contributed by atoms with Crippen LogP contribution in [0.3, 0.4) is 0 Å². The number of likely N-dealkylation sites (tertiary alicyclic amines) is 1. The predicted octanol–water partition coefficient (Wildman–Crippen LogP) is 2.65. The molecule has 0 spiro atoms. The van der Waals surface area contributed by atoms with E-state index in [9.17, 15) is 9.50 Å². The number of hydrogen-bond acceptors (Lipinski definition) is 4. The van der Waals surface area contributed by atoms with Crippen LogP contribution in [0.1, 0.15) is 25.5 Å². The third-order valence-electron chi connectivity index (χ3n) is 4.44. The summed E-state index contributed by atoms with van der Waals surface area (Å²) in [6, 6.07) is 4.92. The minimum atomic E-state index is -0.451. The Labute approximate surface area is 139 Å². The molecule has 3 rings (SSSR count). The highest BCUT2D eigenvalue weighted by molar-refractivity contribution is 6.30. The van der Waals surface area contributed by atoms with Crippen LogP contribution in [0.15, 0.2) is 24.4 Å². The van der Waals surface area contributed by atoms with Crippen LogP contribution in [0.25, 0.3) is 5.69 Å². The molecule has 0 radical (unpaired) electrons. The molecular weight excluding hydrogens is 319 g/mol. The number of halogens is 2. The molecule has 124 valence electrons. The largest absolute Gasteiger partial charge is 0.396 e. The van der Waals surface area contributed by atoms with Crippen molar-refractivity contribution in [3.63, 3.8) is 0 Å². The summed E-state index contributed by atoms with van der Waals surface area (Å²) in [7, 11) is 0. The molecule has 2 aromatic rings. The maximum absolute atomic E-state index is 13.2. The number of rotatable bonds is 4. The number of aromatic nitrogens is 3. The first-order valence-corrected chi connectivity index (χ1v) is 8.16. The van der Waals surface area contributed by atoms with Crippen LogP contribution in [-0.4, -0.2) is 44.2 Å². The summed E-state index contributed by atoms with van der Waals surface area (Å²) >= 11 is 5.81. The van der Waals surface area contributed by atoms with Crippen LogP contribution in [0.2, 0.25) is 5.02 Å². The zero-order valence-corrected chi connectivity index (χ0v) is 13.7. The van der Waals surface area contributed by atoms with E-state index in [0.29, 0.717) is 24.2 Å². The minimum absolute atomic E-state index is 0.0648. The van der Waals surface area contributed by atoms with Crippen molar-refractivity contribution in [3.8, 4) is 5.69 Å². The molecule has 0 aliphatic carbocycles. The van der Waals surface area contributed by atoms with Crippen molar-refractivity contribution in [3.05, 3.63) is 40.9 Å². The SMILES string of the molecule is C[C@@H]1CC[C@H](CO)CN1Cc1cn(-c2ccc(F)c(Cl)c2)nn1. The Balaban J connectivity index is 1.72. The smallest absolute Gasteiger partial charge is 0.141 e. The Morgan fingerprint density at radius 2 is 2.22 bits per heavy atom. The van der Waals surface area contributed by atoms with Crippen molar-refractivity contribution in [2.75, 3.05) is 13.2 Å². The fourth-order valence-electron chi connectivity index (χ4n) is 2.96. The highest BCUT2D eigenvalue weighted by Crippen LogP contribution is 2.23. The Hall–Kier alpha value is -1.50. The number of nitrogens with zero attached hydrogens (tertiary/aromatic N) is 4. The van der Waals surface area contributed by atoms with Gasteiger partial charge in [-0.3, -0.25) is 4.90 Å². The van der Waals surface area contributed by atoms with Crippen LogP contribution in [0, 0.1) is 11.7 Å². The van der Waals surface area contributed by atoms with Gasteiger partial charge in [0.15, 0.2) is 0 Å². The van der Waals surface area contributed by atoms with E-state index >= 15 is 0 Å². The van der Waals surface area contributed by atoms with Crippen LogP contribution in [0.5, 0.6) is 0 Å². The molecule has 1 aliphatic rings. The van der Waals surface area contributed by atoms with Gasteiger partial charge in [-0.1, -0.05) is 16.8 Å². The normalized spacial score (nSPS) is 22.4. The van der Waals surface area contributed by atoms with Crippen molar-refractivity contribution < 1.29 is 9.50 Å². The fraction of sp³-hybridized carbons (Fsp3) is 0.500. The number of aliphatic hydroxyl groups excluding tert-OH is 1. The number of piperidine rings is 1. The third-order valence-corrected chi connectivity index (χ3v) is 4.73. The predicted molar refractivity (Wildman–Crippen MR) is 86.0 cm³/mol. The first-order chi connectivity index (χ1) is 11.1. The van der Waals surface area contributed by atoms with Gasteiger partial charge in [-0.05, 0) is 43.9 Å². The van der Waals surface area contributed by atoms with Crippen molar-refractivity contribution in [1.29, 1.82) is 0 Å². The molecule has 7 heteroatoms. The molecule has 0 unspecified atom stereocenters. The topological polar surface area (TPSA) is 54.2 Å². The lowest BCUT2D eigenvalue weighted by Crippen LogP contribution is -2.42. The molecule has 1 saturated heterocycles. The van der Waals surface area contributed by atoms with Crippen molar-refractivity contribution in [2.45, 2.75) is 32.4 Å². The van der Waals surface area contributed by atoms with E-state index in [1.807, 2.05) is 6.20 Å². The van der Waals surface area contributed by atoms with Gasteiger partial charge in [-0.25, -0.2) is 9.07 Å². The molecule has 0 bridgehead atoms. The molecular formula is C16H20ClFN4O. The fourth-order valence-corrected chi connectivity index (χ4v) is 3.14. The third kappa shape index (κ3) is 3.71. The lowest BCUT2D eigenvalue weighted by atomic mass is 9.94. The molecule has 1 aromatic carbocycles. The monoisotopic (exact) mass is 338 g/mol. The lowest BCUT2D eigenvalue weighted by Gasteiger charge is -2.36. The molecule has 1 N–H and O–H groups in total. The zero-order valence-electron chi connectivity index (χ0n) is 13.0.